The smallest absolute Gasteiger partial charge is 0.363 e. The molecule has 0 bridgehead atoms. The van der Waals surface area contributed by atoms with Crippen molar-refractivity contribution in [2.24, 2.45) is 5.92 Å². The number of tetrazole rings is 1. The molecule has 0 radical (unpaired) electrons. The third-order valence-corrected chi connectivity index (χ3v) is 5.55. The second-order valence-corrected chi connectivity index (χ2v) is 7.58. The van der Waals surface area contributed by atoms with Crippen molar-refractivity contribution in [3.8, 4) is 0 Å². The molecule has 1 aliphatic rings. The summed E-state index contributed by atoms with van der Waals surface area (Å²) in [6.45, 7) is 6.87. The van der Waals surface area contributed by atoms with Gasteiger partial charge in [0.15, 0.2) is 0 Å². The van der Waals surface area contributed by atoms with Gasteiger partial charge in [0.25, 0.3) is 5.91 Å². The van der Waals surface area contributed by atoms with Crippen LogP contribution in [0.15, 0.2) is 29.1 Å². The molecule has 1 aliphatic heterocycles. The van der Waals surface area contributed by atoms with E-state index in [1.54, 1.807) is 23.1 Å². The maximum Gasteiger partial charge on any atom is 0.363 e. The molecule has 0 saturated carbocycles. The van der Waals surface area contributed by atoms with Crippen molar-refractivity contribution in [3.05, 3.63) is 40.6 Å². The van der Waals surface area contributed by atoms with E-state index in [0.29, 0.717) is 26.1 Å². The van der Waals surface area contributed by atoms with E-state index in [9.17, 15) is 14.0 Å². The van der Waals surface area contributed by atoms with Gasteiger partial charge in [0.2, 0.25) is 0 Å². The number of likely N-dealkylation sites (tertiary alicyclic amines) is 1. The second kappa shape index (κ2) is 11.4. The highest BCUT2D eigenvalue weighted by Gasteiger charge is 2.35. The molecule has 1 aromatic carbocycles. The van der Waals surface area contributed by atoms with E-state index in [2.05, 4.69) is 22.3 Å². The molecule has 2 atom stereocenters. The molecule has 0 N–H and O–H groups in total. The highest BCUT2D eigenvalue weighted by molar-refractivity contribution is 5.95. The van der Waals surface area contributed by atoms with Gasteiger partial charge < -0.3 is 14.5 Å². The number of halogens is 2. The number of aromatic nitrogens is 4. The number of carbonyl (C=O) groups excluding carboxylic acids is 1. The van der Waals surface area contributed by atoms with Crippen molar-refractivity contribution >= 4 is 24.0 Å². The molecule has 0 aliphatic carbocycles. The Balaban J connectivity index is 0.00000341. The Morgan fingerprint density at radius 1 is 1.26 bits per heavy atom. The number of hydrogen-bond donors (Lipinski definition) is 0. The predicted molar refractivity (Wildman–Crippen MR) is 117 cm³/mol. The molecule has 2 unspecified atom stereocenters. The number of ether oxygens (including phenoxy) is 1. The average molecular weight is 457 g/mol. The molecule has 1 amide bonds. The molecule has 0 spiro atoms. The summed E-state index contributed by atoms with van der Waals surface area (Å²) in [6, 6.07) is 6.20. The zero-order valence-electron chi connectivity index (χ0n) is 18.1. The summed E-state index contributed by atoms with van der Waals surface area (Å²) < 4.78 is 22.2. The van der Waals surface area contributed by atoms with E-state index < -0.39 is 5.82 Å². The van der Waals surface area contributed by atoms with Crippen LogP contribution in [0.1, 0.15) is 20.3 Å². The average Bonchev–Trinajstić information content (AvgIpc) is 3.09. The molecule has 3 rings (SSSR count). The molecule has 2 aromatic rings. The number of anilines is 1. The van der Waals surface area contributed by atoms with Crippen LogP contribution in [0.5, 0.6) is 0 Å². The third-order valence-electron chi connectivity index (χ3n) is 5.55. The number of methoxy groups -OCH3 is 1. The normalized spacial score (nSPS) is 19.1. The summed E-state index contributed by atoms with van der Waals surface area (Å²) in [4.78, 5) is 28.6. The maximum absolute atomic E-state index is 14.5. The van der Waals surface area contributed by atoms with Gasteiger partial charge in [-0.3, -0.25) is 4.79 Å². The van der Waals surface area contributed by atoms with Crippen LogP contribution >= 0.6 is 12.4 Å². The lowest BCUT2D eigenvalue weighted by molar-refractivity contribution is -0.123. The van der Waals surface area contributed by atoms with Crippen LogP contribution < -0.4 is 10.6 Å². The summed E-state index contributed by atoms with van der Waals surface area (Å²) in [5.74, 6) is -0.562. The minimum atomic E-state index is -0.421. The lowest BCUT2D eigenvalue weighted by Gasteiger charge is -2.42. The minimum Gasteiger partial charge on any atom is -0.375 e. The Bertz CT molecular complexity index is 920. The number of piperidine rings is 1. The van der Waals surface area contributed by atoms with Crippen molar-refractivity contribution in [2.75, 3.05) is 38.3 Å². The van der Waals surface area contributed by atoms with Crippen LogP contribution in [-0.4, -0.2) is 70.0 Å². The van der Waals surface area contributed by atoms with E-state index >= 15 is 0 Å². The van der Waals surface area contributed by atoms with Gasteiger partial charge in [-0.15, -0.1) is 12.4 Å². The van der Waals surface area contributed by atoms with Crippen molar-refractivity contribution < 1.29 is 13.9 Å². The first-order chi connectivity index (χ1) is 14.5. The highest BCUT2D eigenvalue weighted by atomic mass is 35.5. The fraction of sp³-hybridized carbons (Fsp3) is 0.600. The fourth-order valence-corrected chi connectivity index (χ4v) is 4.03. The first kappa shape index (κ1) is 25.0. The number of nitrogens with zero attached hydrogens (tertiary/aromatic N) is 6. The number of rotatable bonds is 8. The lowest BCUT2D eigenvalue weighted by Crippen LogP contribution is -2.54. The first-order valence-corrected chi connectivity index (χ1v) is 10.2. The summed E-state index contributed by atoms with van der Waals surface area (Å²) in [7, 11) is 1.46. The van der Waals surface area contributed by atoms with Gasteiger partial charge >= 0.3 is 5.69 Å². The molecule has 1 fully saturated rings. The SMILES string of the molecule is CCn1nnn(CCN2CCC(N(C(=O)COC)c3ccccc3F)C(C)C2)c1=O.Cl. The molecule has 9 nitrogen and oxygen atoms in total. The van der Waals surface area contributed by atoms with Crippen LogP contribution in [0.25, 0.3) is 0 Å². The number of amides is 1. The Hall–Kier alpha value is -2.30. The first-order valence-electron chi connectivity index (χ1n) is 10.2. The van der Waals surface area contributed by atoms with E-state index in [1.807, 2.05) is 6.92 Å². The minimum absolute atomic E-state index is 0. The number of hydrogen-bond acceptors (Lipinski definition) is 6. The topological polar surface area (TPSA) is 85.5 Å². The second-order valence-electron chi connectivity index (χ2n) is 7.58. The molecule has 11 heteroatoms. The third kappa shape index (κ3) is 5.69. The summed E-state index contributed by atoms with van der Waals surface area (Å²) >= 11 is 0. The van der Waals surface area contributed by atoms with Gasteiger partial charge in [-0.2, -0.15) is 9.36 Å². The zero-order valence-corrected chi connectivity index (χ0v) is 18.9. The fourth-order valence-electron chi connectivity index (χ4n) is 4.03. The van der Waals surface area contributed by atoms with Gasteiger partial charge in [0, 0.05) is 39.3 Å². The van der Waals surface area contributed by atoms with Crippen LogP contribution in [0, 0.1) is 11.7 Å². The molecule has 31 heavy (non-hydrogen) atoms. The number of carbonyl (C=O) groups is 1. The Morgan fingerprint density at radius 3 is 2.58 bits per heavy atom. The zero-order chi connectivity index (χ0) is 21.7. The van der Waals surface area contributed by atoms with Crippen molar-refractivity contribution in [1.82, 2.24) is 24.7 Å². The van der Waals surface area contributed by atoms with Crippen LogP contribution in [-0.2, 0) is 22.6 Å². The Labute approximate surface area is 187 Å². The largest absolute Gasteiger partial charge is 0.375 e. The summed E-state index contributed by atoms with van der Waals surface area (Å²) in [5, 5.41) is 7.74. The Morgan fingerprint density at radius 2 is 1.97 bits per heavy atom. The van der Waals surface area contributed by atoms with Gasteiger partial charge in [-0.25, -0.2) is 9.18 Å². The van der Waals surface area contributed by atoms with Crippen molar-refractivity contribution in [1.29, 1.82) is 0 Å². The van der Waals surface area contributed by atoms with Gasteiger partial charge in [-0.1, -0.05) is 19.1 Å². The molecular formula is C20H30ClFN6O3. The number of aryl methyl sites for hydroxylation is 1. The lowest BCUT2D eigenvalue weighted by atomic mass is 9.91. The maximum atomic E-state index is 14.5. The van der Waals surface area contributed by atoms with Crippen molar-refractivity contribution in [3.63, 3.8) is 0 Å². The molecule has 2 heterocycles. The van der Waals surface area contributed by atoms with Gasteiger partial charge in [-0.05, 0) is 41.8 Å². The predicted octanol–water partition coefficient (Wildman–Crippen LogP) is 1.41. The molecule has 172 valence electrons. The monoisotopic (exact) mass is 456 g/mol. The number of benzene rings is 1. The van der Waals surface area contributed by atoms with E-state index in [0.717, 1.165) is 13.1 Å². The summed E-state index contributed by atoms with van der Waals surface area (Å²) in [5.41, 5.74) is 0.0731. The van der Waals surface area contributed by atoms with Crippen LogP contribution in [0.4, 0.5) is 10.1 Å². The van der Waals surface area contributed by atoms with Gasteiger partial charge in [0.1, 0.15) is 12.4 Å². The number of para-hydroxylation sites is 1. The van der Waals surface area contributed by atoms with Gasteiger partial charge in [0.05, 0.1) is 12.2 Å². The highest BCUT2D eigenvalue weighted by Crippen LogP contribution is 2.29. The van der Waals surface area contributed by atoms with E-state index in [1.165, 1.54) is 22.5 Å². The van der Waals surface area contributed by atoms with E-state index in [-0.39, 0.29) is 48.3 Å². The standard InChI is InChI=1S/C20H29FN6O3.ClH/c1-4-25-20(29)26(23-22-25)12-11-24-10-9-17(15(2)13-24)27(19(28)14-30-3)18-8-6-5-7-16(18)21;/h5-8,15,17H,4,9-14H2,1-3H3;1H. The molecular weight excluding hydrogens is 427 g/mol. The Kier molecular flexibility index (Phi) is 9.15. The van der Waals surface area contributed by atoms with E-state index in [4.69, 9.17) is 4.74 Å². The molecule has 1 aromatic heterocycles. The quantitative estimate of drug-likeness (QED) is 0.597. The van der Waals surface area contributed by atoms with Crippen molar-refractivity contribution in [2.45, 2.75) is 39.4 Å². The molecule has 1 saturated heterocycles. The summed E-state index contributed by atoms with van der Waals surface area (Å²) in [6.07, 6.45) is 0.696. The van der Waals surface area contributed by atoms with Crippen LogP contribution in [0.2, 0.25) is 0 Å². The van der Waals surface area contributed by atoms with Crippen LogP contribution in [0.3, 0.4) is 0 Å².